The van der Waals surface area contributed by atoms with E-state index in [2.05, 4.69) is 22.7 Å². The molecule has 2 aromatic carbocycles. The van der Waals surface area contributed by atoms with E-state index in [0.29, 0.717) is 31.3 Å². The van der Waals surface area contributed by atoms with Crippen LogP contribution in [-0.2, 0) is 0 Å². The van der Waals surface area contributed by atoms with Gasteiger partial charge in [-0.3, -0.25) is 0 Å². The monoisotopic (exact) mass is 385 g/mol. The molecule has 0 aliphatic carbocycles. The Labute approximate surface area is 165 Å². The Kier molecular flexibility index (Phi) is 8.14. The minimum absolute atomic E-state index is 0.502. The first-order valence-electron chi connectivity index (χ1n) is 9.17. The zero-order valence-corrected chi connectivity index (χ0v) is 16.5. The highest BCUT2D eigenvalue weighted by Gasteiger charge is 2.06. The lowest BCUT2D eigenvalue weighted by Crippen LogP contribution is -2.24. The molecule has 7 heteroatoms. The Morgan fingerprint density at radius 1 is 1.04 bits per heavy atom. The second-order valence-electron chi connectivity index (χ2n) is 6.19. The summed E-state index contributed by atoms with van der Waals surface area (Å²) in [6.45, 7) is 7.55. The van der Waals surface area contributed by atoms with Gasteiger partial charge in [0.15, 0.2) is 11.5 Å². The molecule has 2 amide bonds. The summed E-state index contributed by atoms with van der Waals surface area (Å²) in [6, 6.07) is 10.9. The molecule has 0 radical (unpaired) electrons. The average Bonchev–Trinajstić information content (AvgIpc) is 2.65. The van der Waals surface area contributed by atoms with E-state index >= 15 is 0 Å². The molecule has 0 bridgehead atoms. The van der Waals surface area contributed by atoms with E-state index in [1.165, 1.54) is 11.8 Å². The van der Waals surface area contributed by atoms with Crippen molar-refractivity contribution in [3.05, 3.63) is 53.1 Å². The standard InChI is InChI=1S/C21H27N3O4/c1-4-26-20-13-17(14-23-24-21(22)25)8-9-18(20)27-10-5-11-28-19-12-15(2)6-7-16(19)3/h6-9,12-14H,4-5,10-11H2,1-3H3,(H3,22,24,25)/b23-14-. The molecule has 0 fully saturated rings. The summed E-state index contributed by atoms with van der Waals surface area (Å²) in [5, 5.41) is 3.74. The normalized spacial score (nSPS) is 10.7. The molecule has 3 N–H and O–H groups in total. The lowest BCUT2D eigenvalue weighted by atomic mass is 10.1. The van der Waals surface area contributed by atoms with Gasteiger partial charge in [0.2, 0.25) is 0 Å². The van der Waals surface area contributed by atoms with Crippen LogP contribution in [0.25, 0.3) is 0 Å². The van der Waals surface area contributed by atoms with Gasteiger partial charge in [0, 0.05) is 6.42 Å². The molecule has 0 saturated carbocycles. The summed E-state index contributed by atoms with van der Waals surface area (Å²) >= 11 is 0. The number of hydrogen-bond acceptors (Lipinski definition) is 5. The summed E-state index contributed by atoms with van der Waals surface area (Å²) in [6.07, 6.45) is 2.22. The molecule has 0 aliphatic heterocycles. The van der Waals surface area contributed by atoms with Gasteiger partial charge in [0.1, 0.15) is 5.75 Å². The Morgan fingerprint density at radius 3 is 2.50 bits per heavy atom. The van der Waals surface area contributed by atoms with Crippen LogP contribution in [-0.4, -0.2) is 32.1 Å². The lowest BCUT2D eigenvalue weighted by molar-refractivity contribution is 0.235. The zero-order chi connectivity index (χ0) is 20.4. The van der Waals surface area contributed by atoms with Crippen molar-refractivity contribution >= 4 is 12.2 Å². The molecular formula is C21H27N3O4. The van der Waals surface area contributed by atoms with Gasteiger partial charge in [0.05, 0.1) is 26.0 Å². The fourth-order valence-electron chi connectivity index (χ4n) is 2.45. The zero-order valence-electron chi connectivity index (χ0n) is 16.5. The largest absolute Gasteiger partial charge is 0.493 e. The fraction of sp³-hybridized carbons (Fsp3) is 0.333. The van der Waals surface area contributed by atoms with E-state index < -0.39 is 6.03 Å². The Hall–Kier alpha value is -3.22. The molecule has 0 heterocycles. The molecule has 0 atom stereocenters. The van der Waals surface area contributed by atoms with Gasteiger partial charge in [-0.05, 0) is 61.7 Å². The topological polar surface area (TPSA) is 95.2 Å². The maximum absolute atomic E-state index is 10.7. The second-order valence-corrected chi connectivity index (χ2v) is 6.19. The van der Waals surface area contributed by atoms with E-state index in [1.54, 1.807) is 6.07 Å². The van der Waals surface area contributed by atoms with Crippen LogP contribution in [0, 0.1) is 13.8 Å². The predicted molar refractivity (Wildman–Crippen MR) is 109 cm³/mol. The first-order valence-corrected chi connectivity index (χ1v) is 9.17. The number of amides is 2. The van der Waals surface area contributed by atoms with Crippen LogP contribution < -0.4 is 25.4 Å². The van der Waals surface area contributed by atoms with Crippen LogP contribution in [0.15, 0.2) is 41.5 Å². The number of nitrogens with one attached hydrogen (secondary N) is 1. The second kappa shape index (κ2) is 10.8. The molecule has 150 valence electrons. The maximum Gasteiger partial charge on any atom is 0.332 e. The molecule has 2 rings (SSSR count). The van der Waals surface area contributed by atoms with E-state index in [0.717, 1.165) is 23.3 Å². The van der Waals surface area contributed by atoms with Gasteiger partial charge in [-0.15, -0.1) is 0 Å². The molecule has 0 spiro atoms. The van der Waals surface area contributed by atoms with Gasteiger partial charge in [-0.25, -0.2) is 10.2 Å². The highest BCUT2D eigenvalue weighted by molar-refractivity contribution is 5.82. The van der Waals surface area contributed by atoms with Gasteiger partial charge < -0.3 is 19.9 Å². The van der Waals surface area contributed by atoms with Crippen molar-refractivity contribution in [1.82, 2.24) is 5.43 Å². The number of ether oxygens (including phenoxy) is 3. The van der Waals surface area contributed by atoms with Crippen LogP contribution in [0.4, 0.5) is 4.79 Å². The summed E-state index contributed by atoms with van der Waals surface area (Å²) in [7, 11) is 0. The first kappa shape index (κ1) is 21.1. The van der Waals surface area contributed by atoms with Crippen LogP contribution in [0.5, 0.6) is 17.2 Å². The molecule has 0 saturated heterocycles. The van der Waals surface area contributed by atoms with Crippen molar-refractivity contribution in [2.75, 3.05) is 19.8 Å². The number of hydrazone groups is 1. The molecule has 7 nitrogen and oxygen atoms in total. The summed E-state index contributed by atoms with van der Waals surface area (Å²) < 4.78 is 17.3. The summed E-state index contributed by atoms with van der Waals surface area (Å²) in [5.74, 6) is 2.16. The van der Waals surface area contributed by atoms with Gasteiger partial charge in [-0.1, -0.05) is 12.1 Å². The Bertz CT molecular complexity index is 821. The minimum Gasteiger partial charge on any atom is -0.493 e. The minimum atomic E-state index is -0.718. The third-order valence-electron chi connectivity index (χ3n) is 3.80. The van der Waals surface area contributed by atoms with E-state index in [4.69, 9.17) is 19.9 Å². The average molecular weight is 385 g/mol. The highest BCUT2D eigenvalue weighted by Crippen LogP contribution is 2.28. The molecule has 0 aliphatic rings. The number of rotatable bonds is 10. The molecule has 2 aromatic rings. The maximum atomic E-state index is 10.7. The number of carbonyl (C=O) groups is 1. The van der Waals surface area contributed by atoms with Crippen molar-refractivity contribution in [3.8, 4) is 17.2 Å². The van der Waals surface area contributed by atoms with Crippen molar-refractivity contribution in [1.29, 1.82) is 0 Å². The number of nitrogens with zero attached hydrogens (tertiary/aromatic N) is 1. The molecule has 28 heavy (non-hydrogen) atoms. The van der Waals surface area contributed by atoms with Crippen LogP contribution >= 0.6 is 0 Å². The number of nitrogens with two attached hydrogens (primary N) is 1. The van der Waals surface area contributed by atoms with Crippen molar-refractivity contribution in [3.63, 3.8) is 0 Å². The third-order valence-corrected chi connectivity index (χ3v) is 3.80. The van der Waals surface area contributed by atoms with Gasteiger partial charge >= 0.3 is 6.03 Å². The number of hydrogen-bond donors (Lipinski definition) is 2. The van der Waals surface area contributed by atoms with Crippen LogP contribution in [0.3, 0.4) is 0 Å². The number of carbonyl (C=O) groups excluding carboxylic acids is 1. The first-order chi connectivity index (χ1) is 13.5. The number of aryl methyl sites for hydroxylation is 2. The number of urea groups is 1. The Balaban J connectivity index is 1.87. The van der Waals surface area contributed by atoms with E-state index in [-0.39, 0.29) is 0 Å². The summed E-state index contributed by atoms with van der Waals surface area (Å²) in [5.41, 5.74) is 10.2. The van der Waals surface area contributed by atoms with Gasteiger partial charge in [-0.2, -0.15) is 5.10 Å². The molecule has 0 aromatic heterocycles. The fourth-order valence-corrected chi connectivity index (χ4v) is 2.45. The predicted octanol–water partition coefficient (Wildman–Crippen LogP) is 3.55. The van der Waals surface area contributed by atoms with Crippen LogP contribution in [0.1, 0.15) is 30.0 Å². The SMILES string of the molecule is CCOc1cc(/C=N\NC(N)=O)ccc1OCCCOc1cc(C)ccc1C. The van der Waals surface area contributed by atoms with Crippen molar-refractivity contribution in [2.24, 2.45) is 10.8 Å². The van der Waals surface area contributed by atoms with Crippen molar-refractivity contribution in [2.45, 2.75) is 27.2 Å². The number of benzene rings is 2. The lowest BCUT2D eigenvalue weighted by Gasteiger charge is -2.13. The summed E-state index contributed by atoms with van der Waals surface area (Å²) in [4.78, 5) is 10.7. The highest BCUT2D eigenvalue weighted by atomic mass is 16.5. The molecule has 0 unspecified atom stereocenters. The third kappa shape index (κ3) is 6.83. The van der Waals surface area contributed by atoms with Crippen LogP contribution in [0.2, 0.25) is 0 Å². The quantitative estimate of drug-likeness (QED) is 0.371. The van der Waals surface area contributed by atoms with E-state index in [1.807, 2.05) is 39.0 Å². The molecular weight excluding hydrogens is 358 g/mol. The Morgan fingerprint density at radius 2 is 1.79 bits per heavy atom. The smallest absolute Gasteiger partial charge is 0.332 e. The van der Waals surface area contributed by atoms with Crippen molar-refractivity contribution < 1.29 is 19.0 Å². The number of primary amides is 1. The van der Waals surface area contributed by atoms with Gasteiger partial charge in [0.25, 0.3) is 0 Å². The van der Waals surface area contributed by atoms with E-state index in [9.17, 15) is 4.79 Å².